The van der Waals surface area contributed by atoms with E-state index in [0.717, 1.165) is 24.3 Å². The van der Waals surface area contributed by atoms with Crippen LogP contribution in [0.15, 0.2) is 59.5 Å². The second kappa shape index (κ2) is 6.28. The first-order valence-corrected chi connectivity index (χ1v) is 9.34. The van der Waals surface area contributed by atoms with Crippen LogP contribution < -0.4 is 3.71 Å². The Morgan fingerprint density at radius 3 is 1.88 bits per heavy atom. The van der Waals surface area contributed by atoms with E-state index in [0.29, 0.717) is 5.56 Å². The van der Waals surface area contributed by atoms with Gasteiger partial charge in [-0.05, 0) is 34.9 Å². The Balaban J connectivity index is 2.69. The van der Waals surface area contributed by atoms with Gasteiger partial charge in [0.05, 0.1) is 0 Å². The van der Waals surface area contributed by atoms with Gasteiger partial charge in [0.15, 0.2) is 4.90 Å². The molecule has 10 heteroatoms. The number of sulfonamides is 2. The van der Waals surface area contributed by atoms with Crippen LogP contribution in [0.1, 0.15) is 5.56 Å². The predicted octanol–water partition coefficient (Wildman–Crippen LogP) is 3.47. The minimum absolute atomic E-state index is 0.565. The Morgan fingerprint density at radius 1 is 0.917 bits per heavy atom. The molecule has 0 N–H and O–H groups in total. The van der Waals surface area contributed by atoms with E-state index < -0.39 is 40.6 Å². The van der Waals surface area contributed by atoms with Gasteiger partial charge < -0.3 is 9.11 Å². The van der Waals surface area contributed by atoms with E-state index in [9.17, 15) is 30.7 Å². The molecule has 0 aliphatic rings. The van der Waals surface area contributed by atoms with Crippen molar-refractivity contribution in [2.75, 3.05) is 3.71 Å². The fourth-order valence-electron chi connectivity index (χ4n) is 1.86. The molecule has 2 unspecified atom stereocenters. The number of halogens is 3. The highest BCUT2D eigenvalue weighted by Gasteiger charge is 2.63. The summed E-state index contributed by atoms with van der Waals surface area (Å²) in [7, 11) is -11.1. The molecule has 2 atom stereocenters. The molecule has 0 saturated carbocycles. The third-order valence-corrected chi connectivity index (χ3v) is 6.94. The average Bonchev–Trinajstić information content (AvgIpc) is 2.47. The zero-order valence-electron chi connectivity index (χ0n) is 12.2. The summed E-state index contributed by atoms with van der Waals surface area (Å²) in [6.45, 7) is 1.65. The minimum Gasteiger partial charge on any atom is -0.585 e. The van der Waals surface area contributed by atoms with Gasteiger partial charge in [-0.1, -0.05) is 44.3 Å². The molecule has 0 saturated heterocycles. The van der Waals surface area contributed by atoms with Crippen molar-refractivity contribution in [1.29, 1.82) is 0 Å². The van der Waals surface area contributed by atoms with Crippen molar-refractivity contribution in [1.82, 2.24) is 0 Å². The maximum absolute atomic E-state index is 13.0. The van der Waals surface area contributed by atoms with E-state index in [4.69, 9.17) is 0 Å². The van der Waals surface area contributed by atoms with Gasteiger partial charge in [0.25, 0.3) is 10.4 Å². The van der Waals surface area contributed by atoms with Crippen LogP contribution in [-0.2, 0) is 29.2 Å². The molecule has 0 spiro atoms. The van der Waals surface area contributed by atoms with Crippen LogP contribution in [0.3, 0.4) is 0 Å². The molecule has 0 aliphatic carbocycles. The lowest BCUT2D eigenvalue weighted by Gasteiger charge is -2.30. The van der Waals surface area contributed by atoms with E-state index in [1.807, 2.05) is 0 Å². The molecule has 0 fully saturated rings. The lowest BCUT2D eigenvalue weighted by Crippen LogP contribution is -2.52. The maximum Gasteiger partial charge on any atom is 0.604 e. The van der Waals surface area contributed by atoms with Gasteiger partial charge >= 0.3 is 5.51 Å². The highest BCUT2D eigenvalue weighted by molar-refractivity contribution is 8.16. The lowest BCUT2D eigenvalue weighted by atomic mass is 10.2. The summed E-state index contributed by atoms with van der Waals surface area (Å²) in [5.74, 6) is 0. The van der Waals surface area contributed by atoms with Crippen molar-refractivity contribution >= 4 is 26.5 Å². The van der Waals surface area contributed by atoms with Gasteiger partial charge in [-0.15, -0.1) is 13.2 Å². The van der Waals surface area contributed by atoms with Gasteiger partial charge in [-0.2, -0.15) is 0 Å². The molecule has 2 rings (SSSR count). The number of aryl methyl sites for hydroxylation is 1. The first kappa shape index (κ1) is 18.6. The number of para-hydroxylation sites is 1. The zero-order valence-corrected chi connectivity index (χ0v) is 13.9. The molecule has 0 heterocycles. The molecular weight excluding hydrogens is 367 g/mol. The predicted molar refractivity (Wildman–Crippen MR) is 82.1 cm³/mol. The normalized spacial score (nSPS) is 16.9. The van der Waals surface area contributed by atoms with E-state index in [1.165, 1.54) is 30.3 Å². The Kier molecular flexibility index (Phi) is 4.86. The quantitative estimate of drug-likeness (QED) is 0.762. The fraction of sp³-hybridized carbons (Fsp3) is 0.143. The van der Waals surface area contributed by atoms with E-state index >= 15 is 0 Å². The topological polar surface area (TPSA) is 83.5 Å². The highest BCUT2D eigenvalue weighted by Crippen LogP contribution is 2.40. The summed E-state index contributed by atoms with van der Waals surface area (Å²) < 4.78 is 87.3. The van der Waals surface area contributed by atoms with Crippen LogP contribution in [0.25, 0.3) is 0 Å². The van der Waals surface area contributed by atoms with Gasteiger partial charge in [-0.3, -0.25) is 0 Å². The second-order valence-corrected chi connectivity index (χ2v) is 8.60. The molecule has 0 aliphatic heterocycles. The van der Waals surface area contributed by atoms with Crippen molar-refractivity contribution in [3.05, 3.63) is 60.2 Å². The number of anilines is 1. The van der Waals surface area contributed by atoms with Gasteiger partial charge in [0.1, 0.15) is 5.69 Å². The standard InChI is InChI=1S/C14H12F3NO4S2/c1-11-7-9-13(10-8-11)23(19,20)18(12-5-3-2-4-6-12)24(21,22)14(15,16)17/h2-10H,1H3. The maximum atomic E-state index is 13.0. The number of nitrogens with zero attached hydrogens (tertiary/aromatic N) is 1. The SMILES string of the molecule is Cc1ccc([S+](=O)([O-])N(c2ccccc2)[S+](=O)([O-])C(F)(F)F)cc1. The lowest BCUT2D eigenvalue weighted by molar-refractivity contribution is -0.0504. The van der Waals surface area contributed by atoms with Crippen LogP contribution in [0.2, 0.25) is 0 Å². The minimum atomic E-state index is -6.16. The Labute approximate surface area is 138 Å². The van der Waals surface area contributed by atoms with Crippen molar-refractivity contribution in [2.45, 2.75) is 17.3 Å². The van der Waals surface area contributed by atoms with Gasteiger partial charge in [-0.25, -0.2) is 0 Å². The molecule has 0 radical (unpaired) electrons. The van der Waals surface area contributed by atoms with E-state index in [-0.39, 0.29) is 0 Å². The Hall–Kier alpha value is -1.75. The smallest absolute Gasteiger partial charge is 0.585 e. The number of hydrogen-bond acceptors (Lipinski definition) is 4. The number of alkyl halides is 3. The van der Waals surface area contributed by atoms with Crippen molar-refractivity contribution in [2.24, 2.45) is 0 Å². The highest BCUT2D eigenvalue weighted by atomic mass is 32.3. The van der Waals surface area contributed by atoms with Crippen molar-refractivity contribution in [3.8, 4) is 0 Å². The average molecular weight is 379 g/mol. The monoisotopic (exact) mass is 379 g/mol. The molecular formula is C14H12F3NO4S2. The molecule has 0 bridgehead atoms. The summed E-state index contributed by atoms with van der Waals surface area (Å²) in [5.41, 5.74) is -5.74. The third-order valence-electron chi connectivity index (χ3n) is 3.01. The largest absolute Gasteiger partial charge is 0.604 e. The fourth-order valence-corrected chi connectivity index (χ4v) is 5.06. The molecule has 130 valence electrons. The summed E-state index contributed by atoms with van der Waals surface area (Å²) in [4.78, 5) is -0.565. The summed E-state index contributed by atoms with van der Waals surface area (Å²) in [5, 5.41) is 0. The van der Waals surface area contributed by atoms with Crippen molar-refractivity contribution < 1.29 is 30.7 Å². The first-order valence-electron chi connectivity index (χ1n) is 6.46. The van der Waals surface area contributed by atoms with Crippen LogP contribution in [-0.4, -0.2) is 14.6 Å². The van der Waals surface area contributed by atoms with Crippen LogP contribution >= 0.6 is 0 Å². The van der Waals surface area contributed by atoms with Crippen LogP contribution in [0.4, 0.5) is 18.9 Å². The zero-order chi connectivity index (χ0) is 18.2. The molecule has 24 heavy (non-hydrogen) atoms. The number of rotatable bonds is 4. The number of benzene rings is 2. The van der Waals surface area contributed by atoms with E-state index in [1.54, 1.807) is 6.92 Å². The molecule has 0 aromatic heterocycles. The molecule has 2 aromatic rings. The summed E-state index contributed by atoms with van der Waals surface area (Å²) in [6, 6.07) is 10.6. The molecule has 2 aromatic carbocycles. The number of hydrogen-bond donors (Lipinski definition) is 0. The van der Waals surface area contributed by atoms with Crippen molar-refractivity contribution in [3.63, 3.8) is 0 Å². The molecule has 5 nitrogen and oxygen atoms in total. The Morgan fingerprint density at radius 2 is 1.42 bits per heavy atom. The van der Waals surface area contributed by atoms with Crippen LogP contribution in [0.5, 0.6) is 0 Å². The van der Waals surface area contributed by atoms with Crippen LogP contribution in [0, 0.1) is 6.92 Å². The molecule has 0 amide bonds. The second-order valence-electron chi connectivity index (χ2n) is 4.80. The van der Waals surface area contributed by atoms with E-state index in [2.05, 4.69) is 0 Å². The third kappa shape index (κ3) is 3.36. The summed E-state index contributed by atoms with van der Waals surface area (Å²) in [6.07, 6.45) is 0. The first-order chi connectivity index (χ1) is 11.0. The van der Waals surface area contributed by atoms with Gasteiger partial charge in [0.2, 0.25) is 10.4 Å². The van der Waals surface area contributed by atoms with Gasteiger partial charge in [0, 0.05) is 0 Å². The summed E-state index contributed by atoms with van der Waals surface area (Å²) >= 11 is 0. The Bertz CT molecular complexity index is 809.